The Balaban J connectivity index is 1.59. The van der Waals surface area contributed by atoms with Crippen molar-refractivity contribution in [2.45, 2.75) is 51.5 Å². The molecule has 2 N–H and O–H groups in total. The van der Waals surface area contributed by atoms with Crippen molar-refractivity contribution in [3.05, 3.63) is 30.3 Å². The first-order valence-electron chi connectivity index (χ1n) is 9.01. The number of amides is 2. The van der Waals surface area contributed by atoms with Gasteiger partial charge in [0.2, 0.25) is 11.8 Å². The van der Waals surface area contributed by atoms with Gasteiger partial charge < -0.3 is 15.5 Å². The van der Waals surface area contributed by atoms with Gasteiger partial charge in [-0.3, -0.25) is 9.59 Å². The lowest BCUT2D eigenvalue weighted by molar-refractivity contribution is -0.130. The van der Waals surface area contributed by atoms with Crippen LogP contribution in [-0.2, 0) is 9.59 Å². The van der Waals surface area contributed by atoms with Gasteiger partial charge in [-0.1, -0.05) is 24.6 Å². The molecule has 1 aromatic carbocycles. The number of hydrogen-bond acceptors (Lipinski definition) is 3. The van der Waals surface area contributed by atoms with Crippen molar-refractivity contribution in [2.75, 3.05) is 25.0 Å². The second-order valence-electron chi connectivity index (χ2n) is 6.52. The van der Waals surface area contributed by atoms with E-state index in [-0.39, 0.29) is 11.9 Å². The Labute approximate surface area is 144 Å². The Hall–Kier alpha value is -1.88. The van der Waals surface area contributed by atoms with Crippen LogP contribution in [-0.4, -0.2) is 42.4 Å². The molecule has 0 radical (unpaired) electrons. The highest BCUT2D eigenvalue weighted by atomic mass is 16.2. The largest absolute Gasteiger partial charge is 0.343 e. The Morgan fingerprint density at radius 2 is 2.00 bits per heavy atom. The van der Waals surface area contributed by atoms with Gasteiger partial charge in [0.25, 0.3) is 0 Å². The maximum absolute atomic E-state index is 12.0. The number of para-hydroxylation sites is 1. The molecular weight excluding hydrogens is 302 g/mol. The van der Waals surface area contributed by atoms with E-state index in [1.807, 2.05) is 42.2 Å². The molecule has 0 unspecified atom stereocenters. The van der Waals surface area contributed by atoms with Gasteiger partial charge >= 0.3 is 0 Å². The smallest absolute Gasteiger partial charge is 0.225 e. The number of rotatable bonds is 8. The minimum Gasteiger partial charge on any atom is -0.343 e. The zero-order chi connectivity index (χ0) is 17.2. The number of likely N-dealkylation sites (tertiary alicyclic amines) is 1. The fraction of sp³-hybridized carbons (Fsp3) is 0.579. The third kappa shape index (κ3) is 6.71. The normalized spacial score (nSPS) is 16.5. The lowest BCUT2D eigenvalue weighted by atomic mass is 10.2. The second-order valence-corrected chi connectivity index (χ2v) is 6.52. The summed E-state index contributed by atoms with van der Waals surface area (Å²) >= 11 is 0. The zero-order valence-electron chi connectivity index (χ0n) is 14.6. The lowest BCUT2D eigenvalue weighted by Crippen LogP contribution is -2.35. The molecule has 1 aliphatic heterocycles. The minimum absolute atomic E-state index is 0.0175. The van der Waals surface area contributed by atoms with Gasteiger partial charge in [0.15, 0.2) is 0 Å². The van der Waals surface area contributed by atoms with Gasteiger partial charge in [-0.05, 0) is 44.9 Å². The van der Waals surface area contributed by atoms with Crippen LogP contribution >= 0.6 is 0 Å². The van der Waals surface area contributed by atoms with Crippen molar-refractivity contribution in [3.8, 4) is 0 Å². The predicted octanol–water partition coefficient (Wildman–Crippen LogP) is 2.79. The monoisotopic (exact) mass is 331 g/mol. The Morgan fingerprint density at radius 1 is 1.21 bits per heavy atom. The summed E-state index contributed by atoms with van der Waals surface area (Å²) in [6.45, 7) is 4.55. The molecule has 132 valence electrons. The number of hydrogen-bond donors (Lipinski definition) is 2. The molecule has 1 aliphatic rings. The van der Waals surface area contributed by atoms with Crippen LogP contribution in [0.3, 0.4) is 0 Å². The van der Waals surface area contributed by atoms with Crippen LogP contribution in [0.5, 0.6) is 0 Å². The Kier molecular flexibility index (Phi) is 7.75. The fourth-order valence-corrected chi connectivity index (χ4v) is 2.98. The molecule has 1 heterocycles. The van der Waals surface area contributed by atoms with Crippen LogP contribution < -0.4 is 10.6 Å². The summed E-state index contributed by atoms with van der Waals surface area (Å²) in [4.78, 5) is 25.9. The van der Waals surface area contributed by atoms with E-state index < -0.39 is 0 Å². The van der Waals surface area contributed by atoms with Gasteiger partial charge in [-0.15, -0.1) is 0 Å². The molecule has 24 heavy (non-hydrogen) atoms. The van der Waals surface area contributed by atoms with Crippen LogP contribution in [0.2, 0.25) is 0 Å². The molecule has 0 bridgehead atoms. The van der Waals surface area contributed by atoms with E-state index in [1.165, 1.54) is 0 Å². The van der Waals surface area contributed by atoms with Crippen molar-refractivity contribution in [2.24, 2.45) is 0 Å². The van der Waals surface area contributed by atoms with E-state index in [2.05, 4.69) is 10.6 Å². The number of nitrogens with one attached hydrogen (secondary N) is 2. The molecular formula is C19H29N3O2. The van der Waals surface area contributed by atoms with E-state index in [1.54, 1.807) is 0 Å². The molecule has 5 heteroatoms. The third-order valence-electron chi connectivity index (χ3n) is 4.32. The number of benzene rings is 1. The fourth-order valence-electron chi connectivity index (χ4n) is 2.98. The molecule has 1 saturated heterocycles. The molecule has 0 aromatic heterocycles. The maximum atomic E-state index is 12.0. The van der Waals surface area contributed by atoms with Gasteiger partial charge in [0, 0.05) is 37.7 Å². The van der Waals surface area contributed by atoms with Crippen LogP contribution in [0.15, 0.2) is 30.3 Å². The SMILES string of the molecule is C[C@@H](CC(=O)Nc1ccccc1)NCCCN1CCCCCC1=O. The van der Waals surface area contributed by atoms with Crippen LogP contribution in [0.1, 0.15) is 45.4 Å². The summed E-state index contributed by atoms with van der Waals surface area (Å²) in [5, 5.41) is 6.27. The molecule has 5 nitrogen and oxygen atoms in total. The first-order valence-corrected chi connectivity index (χ1v) is 9.01. The van der Waals surface area contributed by atoms with Crippen LogP contribution in [0.25, 0.3) is 0 Å². The topological polar surface area (TPSA) is 61.4 Å². The van der Waals surface area contributed by atoms with Crippen LogP contribution in [0.4, 0.5) is 5.69 Å². The summed E-state index contributed by atoms with van der Waals surface area (Å²) in [6, 6.07) is 9.62. The lowest BCUT2D eigenvalue weighted by Gasteiger charge is -2.21. The minimum atomic E-state index is 0.0175. The number of anilines is 1. The van der Waals surface area contributed by atoms with Gasteiger partial charge in [0.05, 0.1) is 0 Å². The highest BCUT2D eigenvalue weighted by Crippen LogP contribution is 2.11. The van der Waals surface area contributed by atoms with E-state index in [4.69, 9.17) is 0 Å². The van der Waals surface area contributed by atoms with Crippen molar-refractivity contribution in [1.82, 2.24) is 10.2 Å². The van der Waals surface area contributed by atoms with Crippen molar-refractivity contribution >= 4 is 17.5 Å². The Morgan fingerprint density at radius 3 is 2.79 bits per heavy atom. The molecule has 1 fully saturated rings. The summed E-state index contributed by atoms with van der Waals surface area (Å²) in [6.07, 6.45) is 5.38. The molecule has 1 aromatic rings. The Bertz CT molecular complexity index is 519. The zero-order valence-corrected chi connectivity index (χ0v) is 14.6. The quantitative estimate of drug-likeness (QED) is 0.720. The van der Waals surface area contributed by atoms with Gasteiger partial charge in [-0.25, -0.2) is 0 Å². The number of nitrogens with zero attached hydrogens (tertiary/aromatic N) is 1. The second kappa shape index (κ2) is 10.1. The van der Waals surface area contributed by atoms with Crippen LogP contribution in [0, 0.1) is 0 Å². The molecule has 1 atom stereocenters. The molecule has 2 amide bonds. The highest BCUT2D eigenvalue weighted by Gasteiger charge is 2.16. The first-order chi connectivity index (χ1) is 11.6. The number of carbonyl (C=O) groups is 2. The highest BCUT2D eigenvalue weighted by molar-refractivity contribution is 5.91. The van der Waals surface area contributed by atoms with Gasteiger partial charge in [0.1, 0.15) is 0 Å². The predicted molar refractivity (Wildman–Crippen MR) is 96.8 cm³/mol. The maximum Gasteiger partial charge on any atom is 0.225 e. The van der Waals surface area contributed by atoms with Crippen molar-refractivity contribution < 1.29 is 9.59 Å². The summed E-state index contributed by atoms with van der Waals surface area (Å²) in [5.41, 5.74) is 0.828. The summed E-state index contributed by atoms with van der Waals surface area (Å²) in [7, 11) is 0. The molecule has 0 saturated carbocycles. The summed E-state index contributed by atoms with van der Waals surface area (Å²) < 4.78 is 0. The standard InChI is InChI=1S/C19H29N3O2/c1-16(15-18(23)21-17-9-4-2-5-10-17)20-12-8-14-22-13-7-3-6-11-19(22)24/h2,4-5,9-10,16,20H,3,6-8,11-15H2,1H3,(H,21,23)/t16-/m0/s1. The summed E-state index contributed by atoms with van der Waals surface area (Å²) in [5.74, 6) is 0.312. The average Bonchev–Trinajstić information content (AvgIpc) is 2.77. The molecule has 0 aliphatic carbocycles. The van der Waals surface area contributed by atoms with E-state index in [0.717, 1.165) is 51.0 Å². The molecule has 0 spiro atoms. The average molecular weight is 331 g/mol. The van der Waals surface area contributed by atoms with E-state index in [9.17, 15) is 9.59 Å². The van der Waals surface area contributed by atoms with Crippen molar-refractivity contribution in [1.29, 1.82) is 0 Å². The first kappa shape index (κ1) is 18.5. The van der Waals surface area contributed by atoms with Crippen molar-refractivity contribution in [3.63, 3.8) is 0 Å². The molecule has 2 rings (SSSR count). The number of carbonyl (C=O) groups excluding carboxylic acids is 2. The van der Waals surface area contributed by atoms with E-state index in [0.29, 0.717) is 18.7 Å². The third-order valence-corrected chi connectivity index (χ3v) is 4.32. The van der Waals surface area contributed by atoms with Gasteiger partial charge in [-0.2, -0.15) is 0 Å². The van der Waals surface area contributed by atoms with E-state index >= 15 is 0 Å².